The number of ether oxygens (including phenoxy) is 4. The van der Waals surface area contributed by atoms with Gasteiger partial charge >= 0.3 is 5.97 Å². The first-order valence-corrected chi connectivity index (χ1v) is 8.32. The van der Waals surface area contributed by atoms with E-state index in [9.17, 15) is 4.79 Å². The third kappa shape index (κ3) is 4.30. The Hall–Kier alpha value is -2.54. The molecule has 1 aliphatic heterocycles. The predicted octanol–water partition coefficient (Wildman–Crippen LogP) is 2.44. The highest BCUT2D eigenvalue weighted by Crippen LogP contribution is 2.21. The van der Waals surface area contributed by atoms with Crippen molar-refractivity contribution in [3.05, 3.63) is 41.6 Å². The van der Waals surface area contributed by atoms with Gasteiger partial charge in [0.2, 0.25) is 5.88 Å². The number of carbonyl (C=O) groups is 1. The van der Waals surface area contributed by atoms with Crippen molar-refractivity contribution in [1.82, 2.24) is 9.78 Å². The maximum atomic E-state index is 11.7. The van der Waals surface area contributed by atoms with E-state index in [1.807, 2.05) is 24.3 Å². The second-order valence-electron chi connectivity index (χ2n) is 5.69. The normalized spacial score (nSPS) is 16.5. The van der Waals surface area contributed by atoms with E-state index in [2.05, 4.69) is 5.10 Å². The molecule has 0 fully saturated rings. The highest BCUT2D eigenvalue weighted by atomic mass is 16.5. The number of hydrogen-bond donors (Lipinski definition) is 0. The van der Waals surface area contributed by atoms with Gasteiger partial charge in [-0.1, -0.05) is 12.1 Å². The van der Waals surface area contributed by atoms with Crippen LogP contribution in [0, 0.1) is 0 Å². The van der Waals surface area contributed by atoms with Crippen molar-refractivity contribution in [2.45, 2.75) is 32.6 Å². The molecule has 0 radical (unpaired) electrons. The van der Waals surface area contributed by atoms with Crippen LogP contribution in [-0.2, 0) is 22.6 Å². The smallest absolute Gasteiger partial charge is 0.358 e. The van der Waals surface area contributed by atoms with Crippen molar-refractivity contribution >= 4 is 5.97 Å². The van der Waals surface area contributed by atoms with Crippen LogP contribution in [0.5, 0.6) is 11.6 Å². The molecule has 0 amide bonds. The molecule has 25 heavy (non-hydrogen) atoms. The number of esters is 1. The maximum Gasteiger partial charge on any atom is 0.358 e. The molecule has 0 N–H and O–H groups in total. The highest BCUT2D eigenvalue weighted by Gasteiger charge is 2.22. The van der Waals surface area contributed by atoms with Crippen LogP contribution in [0.1, 0.15) is 29.4 Å². The molecule has 3 rings (SSSR count). The van der Waals surface area contributed by atoms with Gasteiger partial charge in [-0.2, -0.15) is 5.10 Å². The molecule has 0 bridgehead atoms. The number of nitrogens with zero attached hydrogens (tertiary/aromatic N) is 2. The zero-order chi connectivity index (χ0) is 17.6. The van der Waals surface area contributed by atoms with Crippen LogP contribution in [-0.4, -0.2) is 42.2 Å². The van der Waals surface area contributed by atoms with Gasteiger partial charge in [0.1, 0.15) is 12.4 Å². The van der Waals surface area contributed by atoms with Crippen LogP contribution in [0.25, 0.3) is 0 Å². The first-order chi connectivity index (χ1) is 12.2. The number of carbonyl (C=O) groups excluding carboxylic acids is 1. The summed E-state index contributed by atoms with van der Waals surface area (Å²) in [6, 6.07) is 9.40. The highest BCUT2D eigenvalue weighted by molar-refractivity contribution is 5.87. The quantitative estimate of drug-likeness (QED) is 0.748. The summed E-state index contributed by atoms with van der Waals surface area (Å²) in [4.78, 5) is 11.7. The molecule has 2 heterocycles. The third-order valence-corrected chi connectivity index (χ3v) is 3.95. The van der Waals surface area contributed by atoms with Crippen LogP contribution >= 0.6 is 0 Å². The minimum Gasteiger partial charge on any atom is -0.497 e. The van der Waals surface area contributed by atoms with Crippen molar-refractivity contribution in [2.75, 3.05) is 20.3 Å². The Kier molecular flexibility index (Phi) is 5.55. The first-order valence-electron chi connectivity index (χ1n) is 8.32. The summed E-state index contributed by atoms with van der Waals surface area (Å²) in [5.74, 6) is 0.960. The number of hydrogen-bond acceptors (Lipinski definition) is 6. The van der Waals surface area contributed by atoms with Crippen molar-refractivity contribution in [3.8, 4) is 11.6 Å². The van der Waals surface area contributed by atoms with Gasteiger partial charge in [0, 0.05) is 12.6 Å². The van der Waals surface area contributed by atoms with Gasteiger partial charge in [-0.15, -0.1) is 0 Å². The second-order valence-corrected chi connectivity index (χ2v) is 5.69. The van der Waals surface area contributed by atoms with Crippen LogP contribution in [0.2, 0.25) is 0 Å². The van der Waals surface area contributed by atoms with E-state index < -0.39 is 5.97 Å². The Balaban J connectivity index is 1.53. The lowest BCUT2D eigenvalue weighted by Gasteiger charge is -2.15. The summed E-state index contributed by atoms with van der Waals surface area (Å²) in [7, 11) is 1.64. The van der Waals surface area contributed by atoms with Crippen LogP contribution < -0.4 is 9.47 Å². The van der Waals surface area contributed by atoms with Gasteiger partial charge in [-0.25, -0.2) is 9.48 Å². The van der Waals surface area contributed by atoms with Crippen molar-refractivity contribution < 1.29 is 23.7 Å². The van der Waals surface area contributed by atoms with E-state index in [-0.39, 0.29) is 11.8 Å². The van der Waals surface area contributed by atoms with Gasteiger partial charge in [0.15, 0.2) is 5.69 Å². The lowest BCUT2D eigenvalue weighted by atomic mass is 10.2. The van der Waals surface area contributed by atoms with E-state index in [0.717, 1.165) is 17.7 Å². The van der Waals surface area contributed by atoms with E-state index >= 15 is 0 Å². The number of aryl methyl sites for hydroxylation is 1. The molecule has 2 aromatic rings. The topological polar surface area (TPSA) is 71.8 Å². The summed E-state index contributed by atoms with van der Waals surface area (Å²) in [5, 5.41) is 4.25. The maximum absolute atomic E-state index is 11.7. The number of benzene rings is 1. The number of aromatic nitrogens is 2. The van der Waals surface area contributed by atoms with Crippen LogP contribution in [0.15, 0.2) is 30.3 Å². The Morgan fingerprint density at radius 1 is 1.36 bits per heavy atom. The van der Waals surface area contributed by atoms with Crippen molar-refractivity contribution in [2.24, 2.45) is 0 Å². The minimum absolute atomic E-state index is 0.0326. The van der Waals surface area contributed by atoms with Crippen molar-refractivity contribution in [3.63, 3.8) is 0 Å². The fourth-order valence-corrected chi connectivity index (χ4v) is 2.58. The van der Waals surface area contributed by atoms with Gasteiger partial charge < -0.3 is 18.9 Å². The SMILES string of the molecule is CCOC(=O)c1cc2n(n1)CCC(OCc1ccc(OC)cc1)CO2. The Bertz CT molecular complexity index is 685. The molecule has 1 aromatic heterocycles. The van der Waals surface area contributed by atoms with Crippen molar-refractivity contribution in [1.29, 1.82) is 0 Å². The molecule has 134 valence electrons. The first kappa shape index (κ1) is 17.3. The van der Waals surface area contributed by atoms with E-state index in [4.69, 9.17) is 18.9 Å². The van der Waals surface area contributed by atoms with E-state index in [1.165, 1.54) is 0 Å². The summed E-state index contributed by atoms with van der Waals surface area (Å²) >= 11 is 0. The predicted molar refractivity (Wildman–Crippen MR) is 89.9 cm³/mol. The van der Waals surface area contributed by atoms with Gasteiger partial charge in [-0.05, 0) is 31.0 Å². The molecular weight excluding hydrogens is 324 g/mol. The molecule has 1 aliphatic rings. The van der Waals surface area contributed by atoms with E-state index in [1.54, 1.807) is 24.8 Å². The Morgan fingerprint density at radius 3 is 2.88 bits per heavy atom. The number of fused-ring (bicyclic) bond motifs is 1. The fraction of sp³-hybridized carbons (Fsp3) is 0.444. The zero-order valence-corrected chi connectivity index (χ0v) is 14.4. The number of methoxy groups -OCH3 is 1. The molecule has 7 nitrogen and oxygen atoms in total. The summed E-state index contributed by atoms with van der Waals surface area (Å²) in [6.45, 7) is 3.64. The fourth-order valence-electron chi connectivity index (χ4n) is 2.58. The summed E-state index contributed by atoms with van der Waals surface area (Å²) in [5.41, 5.74) is 1.35. The lowest BCUT2D eigenvalue weighted by molar-refractivity contribution is 0.00855. The molecule has 0 aliphatic carbocycles. The zero-order valence-electron chi connectivity index (χ0n) is 14.4. The van der Waals surface area contributed by atoms with Crippen LogP contribution in [0.4, 0.5) is 0 Å². The molecule has 1 aromatic carbocycles. The van der Waals surface area contributed by atoms with E-state index in [0.29, 0.717) is 32.2 Å². The molecule has 1 atom stereocenters. The molecule has 0 saturated carbocycles. The summed E-state index contributed by atoms with van der Waals surface area (Å²) < 4.78 is 23.5. The summed E-state index contributed by atoms with van der Waals surface area (Å²) in [6.07, 6.45) is 0.724. The average Bonchev–Trinajstić information content (AvgIpc) is 2.96. The standard InChI is InChI=1S/C18H22N2O5/c1-3-23-18(21)16-10-17-20(19-16)9-8-15(12-25-17)24-11-13-4-6-14(22-2)7-5-13/h4-7,10,15H,3,8-9,11-12H2,1-2H3. The Labute approximate surface area is 146 Å². The monoisotopic (exact) mass is 346 g/mol. The minimum atomic E-state index is -0.432. The lowest BCUT2D eigenvalue weighted by Crippen LogP contribution is -2.20. The molecule has 0 saturated heterocycles. The molecule has 7 heteroatoms. The average molecular weight is 346 g/mol. The third-order valence-electron chi connectivity index (χ3n) is 3.95. The van der Waals surface area contributed by atoms with Gasteiger partial charge in [0.05, 0.1) is 26.4 Å². The number of rotatable bonds is 6. The van der Waals surface area contributed by atoms with Crippen LogP contribution in [0.3, 0.4) is 0 Å². The second kappa shape index (κ2) is 8.02. The molecular formula is C18H22N2O5. The Morgan fingerprint density at radius 2 is 2.16 bits per heavy atom. The molecule has 1 unspecified atom stereocenters. The van der Waals surface area contributed by atoms with Gasteiger partial charge in [-0.3, -0.25) is 0 Å². The largest absolute Gasteiger partial charge is 0.497 e. The van der Waals surface area contributed by atoms with Gasteiger partial charge in [0.25, 0.3) is 0 Å². The molecule has 0 spiro atoms.